The van der Waals surface area contributed by atoms with Gasteiger partial charge in [-0.1, -0.05) is 26.0 Å². The number of aliphatic imine (C=N–C) groups is 1. The van der Waals surface area contributed by atoms with Crippen LogP contribution in [0.3, 0.4) is 0 Å². The van der Waals surface area contributed by atoms with Crippen molar-refractivity contribution in [2.75, 3.05) is 0 Å². The highest BCUT2D eigenvalue weighted by Gasteiger charge is 1.99. The predicted molar refractivity (Wildman–Crippen MR) is 45.2 cm³/mol. The summed E-state index contributed by atoms with van der Waals surface area (Å²) >= 11 is 0. The number of hydrogen-bond donors (Lipinski definition) is 0. The second kappa shape index (κ2) is 3.35. The van der Waals surface area contributed by atoms with Crippen LogP contribution in [-0.2, 0) is 0 Å². The van der Waals surface area contributed by atoms with E-state index in [4.69, 9.17) is 0 Å². The van der Waals surface area contributed by atoms with E-state index in [9.17, 15) is 0 Å². The van der Waals surface area contributed by atoms with Gasteiger partial charge in [-0.05, 0) is 18.4 Å². The molecule has 1 rings (SSSR count). The Balaban J connectivity index is 2.69. The first-order chi connectivity index (χ1) is 4.80. The van der Waals surface area contributed by atoms with Crippen molar-refractivity contribution in [2.24, 2.45) is 10.9 Å². The zero-order chi connectivity index (χ0) is 7.40. The van der Waals surface area contributed by atoms with E-state index in [2.05, 4.69) is 31.0 Å². The van der Waals surface area contributed by atoms with Crippen LogP contribution in [0.4, 0.5) is 0 Å². The van der Waals surface area contributed by atoms with Crippen LogP contribution in [-0.4, -0.2) is 6.21 Å². The minimum absolute atomic E-state index is 0.552. The molecule has 0 unspecified atom stereocenters. The Kier molecular flexibility index (Phi) is 2.43. The highest BCUT2D eigenvalue weighted by molar-refractivity contribution is 5.72. The van der Waals surface area contributed by atoms with E-state index in [-0.39, 0.29) is 0 Å². The minimum atomic E-state index is 0.552. The van der Waals surface area contributed by atoms with E-state index in [1.165, 1.54) is 5.70 Å². The quantitative estimate of drug-likeness (QED) is 0.524. The van der Waals surface area contributed by atoms with E-state index >= 15 is 0 Å². The van der Waals surface area contributed by atoms with E-state index in [0.29, 0.717) is 5.92 Å². The van der Waals surface area contributed by atoms with Gasteiger partial charge in [0.25, 0.3) is 0 Å². The van der Waals surface area contributed by atoms with Gasteiger partial charge in [-0.3, -0.25) is 4.99 Å². The molecule has 0 radical (unpaired) electrons. The van der Waals surface area contributed by atoms with E-state index in [1.54, 1.807) is 0 Å². The molecule has 0 bridgehead atoms. The molecule has 0 saturated heterocycles. The Morgan fingerprint density at radius 2 is 2.30 bits per heavy atom. The Morgan fingerprint density at radius 3 is 3.00 bits per heavy atom. The summed E-state index contributed by atoms with van der Waals surface area (Å²) in [5.74, 6) is 0.552. The van der Waals surface area contributed by atoms with Gasteiger partial charge in [0, 0.05) is 11.9 Å². The van der Waals surface area contributed by atoms with Crippen LogP contribution < -0.4 is 0 Å². The van der Waals surface area contributed by atoms with E-state index < -0.39 is 0 Å². The largest absolute Gasteiger partial charge is 0.261 e. The van der Waals surface area contributed by atoms with Crippen LogP contribution in [0, 0.1) is 5.92 Å². The van der Waals surface area contributed by atoms with Crippen LogP contribution in [0.5, 0.6) is 0 Å². The summed E-state index contributed by atoms with van der Waals surface area (Å²) in [6.07, 6.45) is 9.15. The van der Waals surface area contributed by atoms with Gasteiger partial charge in [0.05, 0.1) is 0 Å². The first-order valence-corrected chi connectivity index (χ1v) is 3.70. The maximum absolute atomic E-state index is 4.27. The van der Waals surface area contributed by atoms with Crippen LogP contribution in [0.2, 0.25) is 0 Å². The van der Waals surface area contributed by atoms with Crippen molar-refractivity contribution in [3.05, 3.63) is 23.9 Å². The summed E-state index contributed by atoms with van der Waals surface area (Å²) in [5.41, 5.74) is 1.20. The minimum Gasteiger partial charge on any atom is -0.261 e. The van der Waals surface area contributed by atoms with Crippen molar-refractivity contribution in [1.82, 2.24) is 0 Å². The monoisotopic (exact) mass is 135 g/mol. The lowest BCUT2D eigenvalue weighted by molar-refractivity contribution is 0.755. The fourth-order valence-electron chi connectivity index (χ4n) is 0.895. The molecule has 0 fully saturated rings. The van der Waals surface area contributed by atoms with Crippen LogP contribution in [0.25, 0.3) is 0 Å². The molecule has 0 atom stereocenters. The lowest BCUT2D eigenvalue weighted by atomic mass is 10.1. The average Bonchev–Trinajstić information content (AvgIpc) is 2.12. The SMILES string of the molecule is CC(C)C1=CCC=CC=N1. The standard InChI is InChI=1S/C9H13N/c1-8(2)9-6-4-3-5-7-10-9/h3,5-8H,4H2,1-2H3. The lowest BCUT2D eigenvalue weighted by Crippen LogP contribution is -1.89. The summed E-state index contributed by atoms with van der Waals surface area (Å²) in [5, 5.41) is 0. The molecule has 1 aliphatic heterocycles. The first-order valence-electron chi connectivity index (χ1n) is 3.70. The number of allylic oxidation sites excluding steroid dienone is 4. The molecule has 1 heteroatoms. The molecule has 10 heavy (non-hydrogen) atoms. The first kappa shape index (κ1) is 7.26. The molecule has 0 aromatic heterocycles. The molecule has 54 valence electrons. The average molecular weight is 135 g/mol. The van der Waals surface area contributed by atoms with Crippen LogP contribution >= 0.6 is 0 Å². The fraction of sp³-hybridized carbons (Fsp3) is 0.444. The highest BCUT2D eigenvalue weighted by atomic mass is 14.7. The maximum atomic E-state index is 4.27. The van der Waals surface area contributed by atoms with Gasteiger partial charge in [-0.15, -0.1) is 0 Å². The predicted octanol–water partition coefficient (Wildman–Crippen LogP) is 2.56. The van der Waals surface area contributed by atoms with Crippen molar-refractivity contribution in [3.63, 3.8) is 0 Å². The zero-order valence-electron chi connectivity index (χ0n) is 6.54. The lowest BCUT2D eigenvalue weighted by Gasteiger charge is -2.02. The molecule has 1 heterocycles. The summed E-state index contributed by atoms with van der Waals surface area (Å²) in [6.45, 7) is 4.32. The summed E-state index contributed by atoms with van der Waals surface area (Å²) in [7, 11) is 0. The molecule has 0 aliphatic carbocycles. The normalized spacial score (nSPS) is 17.3. The number of rotatable bonds is 1. The Hall–Kier alpha value is -0.850. The van der Waals surface area contributed by atoms with Crippen molar-refractivity contribution in [2.45, 2.75) is 20.3 Å². The summed E-state index contributed by atoms with van der Waals surface area (Å²) in [4.78, 5) is 4.27. The molecule has 0 amide bonds. The van der Waals surface area contributed by atoms with Gasteiger partial charge in [0.15, 0.2) is 0 Å². The molecule has 0 aromatic rings. The summed E-state index contributed by atoms with van der Waals surface area (Å²) in [6, 6.07) is 0. The third-order valence-corrected chi connectivity index (χ3v) is 1.50. The van der Waals surface area contributed by atoms with Crippen molar-refractivity contribution in [3.8, 4) is 0 Å². The zero-order valence-corrected chi connectivity index (χ0v) is 6.54. The third kappa shape index (κ3) is 1.83. The van der Waals surface area contributed by atoms with Crippen LogP contribution in [0.1, 0.15) is 20.3 Å². The van der Waals surface area contributed by atoms with Crippen molar-refractivity contribution in [1.29, 1.82) is 0 Å². The summed E-state index contributed by atoms with van der Waals surface area (Å²) < 4.78 is 0. The number of hydrogen-bond acceptors (Lipinski definition) is 1. The molecule has 0 aromatic carbocycles. The van der Waals surface area contributed by atoms with Gasteiger partial charge >= 0.3 is 0 Å². The smallest absolute Gasteiger partial charge is 0.0392 e. The Morgan fingerprint density at radius 1 is 1.50 bits per heavy atom. The highest BCUT2D eigenvalue weighted by Crippen LogP contribution is 2.12. The Labute approximate surface area is 62.2 Å². The second-order valence-electron chi connectivity index (χ2n) is 2.73. The van der Waals surface area contributed by atoms with Gasteiger partial charge in [-0.2, -0.15) is 0 Å². The fourth-order valence-corrected chi connectivity index (χ4v) is 0.895. The van der Waals surface area contributed by atoms with Gasteiger partial charge in [0.1, 0.15) is 0 Å². The molecule has 0 spiro atoms. The van der Waals surface area contributed by atoms with E-state index in [0.717, 1.165) is 6.42 Å². The molecular formula is C9H13N. The third-order valence-electron chi connectivity index (χ3n) is 1.50. The molecule has 1 nitrogen and oxygen atoms in total. The molecular weight excluding hydrogens is 122 g/mol. The van der Waals surface area contributed by atoms with Crippen LogP contribution in [0.15, 0.2) is 28.9 Å². The van der Waals surface area contributed by atoms with E-state index in [1.807, 2.05) is 12.3 Å². The molecule has 1 aliphatic rings. The topological polar surface area (TPSA) is 12.4 Å². The van der Waals surface area contributed by atoms with Crippen molar-refractivity contribution < 1.29 is 0 Å². The molecule has 0 saturated carbocycles. The van der Waals surface area contributed by atoms with Gasteiger partial charge < -0.3 is 0 Å². The molecule has 0 N–H and O–H groups in total. The maximum Gasteiger partial charge on any atom is 0.0392 e. The van der Waals surface area contributed by atoms with Gasteiger partial charge in [0.2, 0.25) is 0 Å². The van der Waals surface area contributed by atoms with Crippen molar-refractivity contribution >= 4 is 6.21 Å². The number of nitrogens with zero attached hydrogens (tertiary/aromatic N) is 1. The Bertz CT molecular complexity index is 185. The van der Waals surface area contributed by atoms with Gasteiger partial charge in [-0.25, -0.2) is 0 Å². The second-order valence-corrected chi connectivity index (χ2v) is 2.73.